The first-order valence-corrected chi connectivity index (χ1v) is 9.61. The van der Waals surface area contributed by atoms with E-state index in [1.807, 2.05) is 35.1 Å². The maximum Gasteiger partial charge on any atom is 0.275 e. The van der Waals surface area contributed by atoms with Crippen LogP contribution in [0.2, 0.25) is 0 Å². The predicted octanol–water partition coefficient (Wildman–Crippen LogP) is 4.51. The summed E-state index contributed by atoms with van der Waals surface area (Å²) in [6.45, 7) is 2.43. The minimum absolute atomic E-state index is 0.00974. The van der Waals surface area contributed by atoms with Gasteiger partial charge in [-0.25, -0.2) is 0 Å². The number of aromatic nitrogens is 2. The average molecular weight is 387 g/mol. The number of hydrogen-bond acceptors (Lipinski definition) is 5. The number of nitro benzene ring substituents is 1. The zero-order valence-corrected chi connectivity index (χ0v) is 16.1. The summed E-state index contributed by atoms with van der Waals surface area (Å²) in [6.07, 6.45) is 4.77. The Labute approximate surface area is 168 Å². The third kappa shape index (κ3) is 3.69. The summed E-state index contributed by atoms with van der Waals surface area (Å²) in [4.78, 5) is 10.9. The third-order valence-electron chi connectivity index (χ3n) is 5.47. The molecule has 0 fully saturated rings. The first kappa shape index (κ1) is 18.7. The number of fused-ring (bicyclic) bond motifs is 1. The minimum atomic E-state index is -0.439. The van der Waals surface area contributed by atoms with Crippen LogP contribution in [-0.4, -0.2) is 14.7 Å². The first-order chi connectivity index (χ1) is 14.1. The molecule has 1 aliphatic carbocycles. The molecule has 0 aliphatic heterocycles. The van der Waals surface area contributed by atoms with Crippen molar-refractivity contribution in [2.75, 3.05) is 5.32 Å². The standard InChI is InChI=1S/C22H21N5O2/c1-15-20(10-17(12-23)11-22(15)27(28)29)25-19-8-5-9-21-18(19)13-24-26(21)14-16-6-3-2-4-7-16/h2-4,6-7,10-11,13,19,25H,5,8-9,14H2,1H3/t19-/m0/s1. The number of benzene rings is 2. The minimum Gasteiger partial charge on any atom is -0.378 e. The fraction of sp³-hybridized carbons (Fsp3) is 0.273. The second kappa shape index (κ2) is 7.76. The predicted molar refractivity (Wildman–Crippen MR) is 110 cm³/mol. The number of nitrogens with zero attached hydrogens (tertiary/aromatic N) is 4. The van der Waals surface area contributed by atoms with Gasteiger partial charge in [0.15, 0.2) is 0 Å². The fourth-order valence-electron chi connectivity index (χ4n) is 3.95. The molecule has 2 aromatic carbocycles. The van der Waals surface area contributed by atoms with E-state index in [1.165, 1.54) is 17.3 Å². The lowest BCUT2D eigenvalue weighted by molar-refractivity contribution is -0.385. The Morgan fingerprint density at radius 3 is 2.86 bits per heavy atom. The molecule has 1 aliphatic rings. The van der Waals surface area contributed by atoms with Crippen molar-refractivity contribution in [3.8, 4) is 6.07 Å². The molecular weight excluding hydrogens is 366 g/mol. The molecule has 7 heteroatoms. The molecular formula is C22H21N5O2. The highest BCUT2D eigenvalue weighted by Gasteiger charge is 2.26. The highest BCUT2D eigenvalue weighted by Crippen LogP contribution is 2.36. The van der Waals surface area contributed by atoms with Crippen molar-refractivity contribution in [2.24, 2.45) is 0 Å². The van der Waals surface area contributed by atoms with Gasteiger partial charge in [-0.05, 0) is 37.8 Å². The van der Waals surface area contributed by atoms with Gasteiger partial charge in [-0.3, -0.25) is 14.8 Å². The molecule has 29 heavy (non-hydrogen) atoms. The van der Waals surface area contributed by atoms with Gasteiger partial charge in [-0.1, -0.05) is 30.3 Å². The smallest absolute Gasteiger partial charge is 0.275 e. The Kier molecular flexibility index (Phi) is 5.00. The van der Waals surface area contributed by atoms with Crippen molar-refractivity contribution < 1.29 is 4.92 Å². The van der Waals surface area contributed by atoms with E-state index in [0.717, 1.165) is 31.4 Å². The number of nitro groups is 1. The van der Waals surface area contributed by atoms with Crippen LogP contribution in [0.25, 0.3) is 0 Å². The van der Waals surface area contributed by atoms with E-state index in [4.69, 9.17) is 0 Å². The van der Waals surface area contributed by atoms with E-state index in [2.05, 4.69) is 22.5 Å². The van der Waals surface area contributed by atoms with Crippen molar-refractivity contribution in [3.05, 3.63) is 86.7 Å². The normalized spacial score (nSPS) is 15.4. The maximum atomic E-state index is 11.4. The Hall–Kier alpha value is -3.66. The monoisotopic (exact) mass is 387 g/mol. The number of anilines is 1. The van der Waals surface area contributed by atoms with E-state index in [-0.39, 0.29) is 17.3 Å². The number of nitriles is 1. The van der Waals surface area contributed by atoms with Crippen molar-refractivity contribution in [1.29, 1.82) is 5.26 Å². The van der Waals surface area contributed by atoms with E-state index in [0.29, 0.717) is 11.3 Å². The highest BCUT2D eigenvalue weighted by atomic mass is 16.6. The second-order valence-corrected chi connectivity index (χ2v) is 7.32. The quantitative estimate of drug-likeness (QED) is 0.513. The lowest BCUT2D eigenvalue weighted by atomic mass is 9.92. The lowest BCUT2D eigenvalue weighted by Crippen LogP contribution is -2.19. The topological polar surface area (TPSA) is 96.8 Å². The van der Waals surface area contributed by atoms with Gasteiger partial charge in [0.05, 0.1) is 35.3 Å². The molecule has 7 nitrogen and oxygen atoms in total. The van der Waals surface area contributed by atoms with Crippen molar-refractivity contribution >= 4 is 11.4 Å². The Morgan fingerprint density at radius 2 is 2.14 bits per heavy atom. The van der Waals surface area contributed by atoms with Crippen LogP contribution in [0.4, 0.5) is 11.4 Å². The van der Waals surface area contributed by atoms with E-state index < -0.39 is 4.92 Å². The van der Waals surface area contributed by atoms with Gasteiger partial charge in [0.2, 0.25) is 0 Å². The lowest BCUT2D eigenvalue weighted by Gasteiger charge is -2.26. The van der Waals surface area contributed by atoms with Gasteiger partial charge in [0.25, 0.3) is 5.69 Å². The summed E-state index contributed by atoms with van der Waals surface area (Å²) in [6, 6.07) is 15.2. The van der Waals surface area contributed by atoms with Gasteiger partial charge < -0.3 is 5.32 Å². The molecule has 0 saturated carbocycles. The summed E-state index contributed by atoms with van der Waals surface area (Å²) in [5, 5.41) is 28.7. The Balaban J connectivity index is 1.64. The number of nitrogens with one attached hydrogen (secondary N) is 1. The molecule has 0 unspecified atom stereocenters. The summed E-state index contributed by atoms with van der Waals surface area (Å²) >= 11 is 0. The molecule has 0 spiro atoms. The molecule has 146 valence electrons. The van der Waals surface area contributed by atoms with Crippen LogP contribution in [-0.2, 0) is 13.0 Å². The zero-order chi connectivity index (χ0) is 20.4. The average Bonchev–Trinajstić information content (AvgIpc) is 3.14. The first-order valence-electron chi connectivity index (χ1n) is 9.61. The molecule has 0 radical (unpaired) electrons. The molecule has 3 aromatic rings. The number of hydrogen-bond donors (Lipinski definition) is 1. The van der Waals surface area contributed by atoms with Gasteiger partial charge in [-0.2, -0.15) is 10.4 Å². The maximum absolute atomic E-state index is 11.4. The van der Waals surface area contributed by atoms with Crippen LogP contribution in [0.15, 0.2) is 48.7 Å². The van der Waals surface area contributed by atoms with Gasteiger partial charge >= 0.3 is 0 Å². The van der Waals surface area contributed by atoms with Crippen LogP contribution in [0, 0.1) is 28.4 Å². The van der Waals surface area contributed by atoms with Gasteiger partial charge in [0.1, 0.15) is 0 Å². The molecule has 0 bridgehead atoms. The molecule has 0 saturated heterocycles. The summed E-state index contributed by atoms with van der Waals surface area (Å²) in [5.74, 6) is 0. The second-order valence-electron chi connectivity index (χ2n) is 7.32. The molecule has 1 heterocycles. The van der Waals surface area contributed by atoms with Crippen LogP contribution in [0.3, 0.4) is 0 Å². The molecule has 0 amide bonds. The third-order valence-corrected chi connectivity index (χ3v) is 5.47. The fourth-order valence-corrected chi connectivity index (χ4v) is 3.95. The highest BCUT2D eigenvalue weighted by molar-refractivity contribution is 5.64. The van der Waals surface area contributed by atoms with Crippen molar-refractivity contribution in [3.63, 3.8) is 0 Å². The SMILES string of the molecule is Cc1c(N[C@H]2CCCc3c2cnn3Cc2ccccc2)cc(C#N)cc1[N+](=O)[O-]. The largest absolute Gasteiger partial charge is 0.378 e. The van der Waals surface area contributed by atoms with E-state index >= 15 is 0 Å². The van der Waals surface area contributed by atoms with Gasteiger partial charge in [0, 0.05) is 28.6 Å². The van der Waals surface area contributed by atoms with Crippen LogP contribution < -0.4 is 5.32 Å². The van der Waals surface area contributed by atoms with E-state index in [9.17, 15) is 15.4 Å². The number of rotatable bonds is 5. The summed E-state index contributed by atoms with van der Waals surface area (Å²) < 4.78 is 2.04. The molecule has 4 rings (SSSR count). The van der Waals surface area contributed by atoms with Crippen molar-refractivity contribution in [1.82, 2.24) is 9.78 Å². The van der Waals surface area contributed by atoms with E-state index in [1.54, 1.807) is 13.0 Å². The summed E-state index contributed by atoms with van der Waals surface area (Å²) in [7, 11) is 0. The van der Waals surface area contributed by atoms with Crippen molar-refractivity contribution in [2.45, 2.75) is 38.8 Å². The Morgan fingerprint density at radius 1 is 1.34 bits per heavy atom. The van der Waals surface area contributed by atoms with Crippen LogP contribution >= 0.6 is 0 Å². The van der Waals surface area contributed by atoms with Crippen LogP contribution in [0.5, 0.6) is 0 Å². The van der Waals surface area contributed by atoms with Gasteiger partial charge in [-0.15, -0.1) is 0 Å². The molecule has 1 aromatic heterocycles. The Bertz CT molecular complexity index is 1100. The van der Waals surface area contributed by atoms with Crippen LogP contribution in [0.1, 0.15) is 46.8 Å². The molecule has 1 atom stereocenters. The zero-order valence-electron chi connectivity index (χ0n) is 16.1. The molecule has 1 N–H and O–H groups in total. The summed E-state index contributed by atoms with van der Waals surface area (Å²) in [5.41, 5.74) is 4.92.